The van der Waals surface area contributed by atoms with Gasteiger partial charge in [0.25, 0.3) is 0 Å². The predicted octanol–water partition coefficient (Wildman–Crippen LogP) is 5.88. The van der Waals surface area contributed by atoms with Crippen LogP contribution in [0.25, 0.3) is 21.9 Å². The molecule has 1 amide bonds. The van der Waals surface area contributed by atoms with Crippen LogP contribution in [0, 0.1) is 0 Å². The minimum Gasteiger partial charge on any atom is -0.451 e. The lowest BCUT2D eigenvalue weighted by Gasteiger charge is -2.12. The molecule has 142 valence electrons. The molecular formula is C22H20BrN3O2. The number of rotatable bonds is 5. The fourth-order valence-corrected chi connectivity index (χ4v) is 3.62. The number of benzene rings is 2. The van der Waals surface area contributed by atoms with Crippen molar-refractivity contribution in [2.24, 2.45) is 5.10 Å². The number of hydrogen-bond acceptors (Lipinski definition) is 3. The summed E-state index contributed by atoms with van der Waals surface area (Å²) in [5.41, 5.74) is 5.34. The van der Waals surface area contributed by atoms with E-state index in [1.165, 1.54) is 0 Å². The van der Waals surface area contributed by atoms with Gasteiger partial charge in [-0.2, -0.15) is 5.10 Å². The number of carbonyl (C=O) groups is 1. The summed E-state index contributed by atoms with van der Waals surface area (Å²) in [5, 5.41) is 6.11. The van der Waals surface area contributed by atoms with Crippen LogP contribution in [0.2, 0.25) is 0 Å². The Hall–Kier alpha value is -2.86. The number of hydrogen-bond donors (Lipinski definition) is 1. The maximum absolute atomic E-state index is 12.4. The van der Waals surface area contributed by atoms with Crippen molar-refractivity contribution in [1.29, 1.82) is 0 Å². The van der Waals surface area contributed by atoms with E-state index in [0.717, 1.165) is 32.7 Å². The van der Waals surface area contributed by atoms with Gasteiger partial charge < -0.3 is 8.98 Å². The maximum Gasteiger partial charge on any atom is 0.307 e. The molecule has 6 heteroatoms. The fraction of sp³-hybridized carbons (Fsp3) is 0.182. The standard InChI is InChI=1S/C22H20BrN3O2/c1-3-14(2)26-13-16(18-6-4-5-7-19(18)26)12-24-25-22(27)21-11-15-10-17(23)8-9-20(15)28-21/h4-14H,3H2,1-2H3,(H,25,27). The van der Waals surface area contributed by atoms with Gasteiger partial charge in [0.05, 0.1) is 6.21 Å². The van der Waals surface area contributed by atoms with Gasteiger partial charge in [0.2, 0.25) is 0 Å². The zero-order chi connectivity index (χ0) is 19.7. The largest absolute Gasteiger partial charge is 0.451 e. The number of nitrogens with zero attached hydrogens (tertiary/aromatic N) is 2. The Morgan fingerprint density at radius 1 is 1.29 bits per heavy atom. The van der Waals surface area contributed by atoms with Crippen molar-refractivity contribution >= 4 is 49.9 Å². The van der Waals surface area contributed by atoms with Gasteiger partial charge >= 0.3 is 5.91 Å². The summed E-state index contributed by atoms with van der Waals surface area (Å²) in [7, 11) is 0. The number of fused-ring (bicyclic) bond motifs is 2. The Morgan fingerprint density at radius 3 is 2.93 bits per heavy atom. The first kappa shape index (κ1) is 18.5. The van der Waals surface area contributed by atoms with Crippen molar-refractivity contribution in [2.45, 2.75) is 26.3 Å². The topological polar surface area (TPSA) is 59.5 Å². The van der Waals surface area contributed by atoms with Gasteiger partial charge in [-0.05, 0) is 43.7 Å². The molecule has 0 aliphatic rings. The summed E-state index contributed by atoms with van der Waals surface area (Å²) in [6, 6.07) is 15.9. The number of carbonyl (C=O) groups excluding carboxylic acids is 1. The summed E-state index contributed by atoms with van der Waals surface area (Å²) in [6.07, 6.45) is 4.79. The highest BCUT2D eigenvalue weighted by Gasteiger charge is 2.13. The summed E-state index contributed by atoms with van der Waals surface area (Å²) >= 11 is 3.42. The van der Waals surface area contributed by atoms with E-state index in [1.54, 1.807) is 12.3 Å². The second-order valence-corrected chi connectivity index (χ2v) is 7.67. The molecule has 0 spiro atoms. The van der Waals surface area contributed by atoms with E-state index in [2.05, 4.69) is 63.2 Å². The predicted molar refractivity (Wildman–Crippen MR) is 116 cm³/mol. The molecule has 0 aliphatic carbocycles. The molecule has 1 unspecified atom stereocenters. The first-order valence-electron chi connectivity index (χ1n) is 9.19. The number of nitrogens with one attached hydrogen (secondary N) is 1. The average molecular weight is 438 g/mol. The third-order valence-corrected chi connectivity index (χ3v) is 5.40. The van der Waals surface area contributed by atoms with Crippen LogP contribution in [0.15, 0.2) is 68.7 Å². The number of amides is 1. The highest BCUT2D eigenvalue weighted by Crippen LogP contribution is 2.25. The lowest BCUT2D eigenvalue weighted by atomic mass is 10.2. The molecule has 0 fully saturated rings. The molecule has 0 bridgehead atoms. The number of furan rings is 1. The lowest BCUT2D eigenvalue weighted by molar-refractivity contribution is 0.0929. The molecule has 0 aliphatic heterocycles. The highest BCUT2D eigenvalue weighted by atomic mass is 79.9. The van der Waals surface area contributed by atoms with Crippen molar-refractivity contribution in [3.05, 3.63) is 70.5 Å². The summed E-state index contributed by atoms with van der Waals surface area (Å²) < 4.78 is 8.78. The van der Waals surface area contributed by atoms with Crippen LogP contribution >= 0.6 is 15.9 Å². The van der Waals surface area contributed by atoms with Crippen LogP contribution in [0.5, 0.6) is 0 Å². The fourth-order valence-electron chi connectivity index (χ4n) is 3.24. The molecule has 0 radical (unpaired) electrons. The zero-order valence-electron chi connectivity index (χ0n) is 15.6. The molecule has 4 aromatic rings. The van der Waals surface area contributed by atoms with E-state index in [0.29, 0.717) is 11.6 Å². The van der Waals surface area contributed by atoms with Crippen molar-refractivity contribution in [1.82, 2.24) is 9.99 Å². The molecule has 2 aromatic heterocycles. The third-order valence-electron chi connectivity index (χ3n) is 4.91. The van der Waals surface area contributed by atoms with E-state index < -0.39 is 0 Å². The van der Waals surface area contributed by atoms with E-state index in [1.807, 2.05) is 30.3 Å². The van der Waals surface area contributed by atoms with Crippen molar-refractivity contribution in [3.8, 4) is 0 Å². The molecular weight excluding hydrogens is 418 g/mol. The van der Waals surface area contributed by atoms with Gasteiger partial charge in [-0.15, -0.1) is 0 Å². The first-order chi connectivity index (χ1) is 13.6. The Kier molecular flexibility index (Phi) is 5.05. The number of hydrazone groups is 1. The Morgan fingerprint density at radius 2 is 2.11 bits per heavy atom. The SMILES string of the molecule is CCC(C)n1cc(C=NNC(=O)c2cc3cc(Br)ccc3o2)c2ccccc21. The maximum atomic E-state index is 12.4. The van der Waals surface area contributed by atoms with E-state index in [-0.39, 0.29) is 11.7 Å². The summed E-state index contributed by atoms with van der Waals surface area (Å²) in [6.45, 7) is 4.36. The average Bonchev–Trinajstić information content (AvgIpc) is 3.29. The van der Waals surface area contributed by atoms with Gasteiger partial charge in [0.1, 0.15) is 5.58 Å². The Labute approximate surface area is 171 Å². The lowest BCUT2D eigenvalue weighted by Crippen LogP contribution is -2.16. The Balaban J connectivity index is 1.56. The van der Waals surface area contributed by atoms with Crippen LogP contribution in [0.1, 0.15) is 42.4 Å². The number of halogens is 1. The van der Waals surface area contributed by atoms with Gasteiger partial charge in [-0.1, -0.05) is 41.1 Å². The van der Waals surface area contributed by atoms with Crippen molar-refractivity contribution < 1.29 is 9.21 Å². The van der Waals surface area contributed by atoms with E-state index in [4.69, 9.17) is 4.42 Å². The minimum atomic E-state index is -0.380. The number of para-hydroxylation sites is 1. The van der Waals surface area contributed by atoms with Gasteiger partial charge in [0.15, 0.2) is 5.76 Å². The van der Waals surface area contributed by atoms with Gasteiger partial charge in [0, 0.05) is 38.6 Å². The van der Waals surface area contributed by atoms with Gasteiger partial charge in [-0.25, -0.2) is 5.43 Å². The zero-order valence-corrected chi connectivity index (χ0v) is 17.2. The molecule has 2 heterocycles. The van der Waals surface area contributed by atoms with Crippen LogP contribution in [-0.4, -0.2) is 16.7 Å². The summed E-state index contributed by atoms with van der Waals surface area (Å²) in [4.78, 5) is 12.4. The molecule has 0 saturated heterocycles. The molecule has 4 rings (SSSR count). The molecule has 28 heavy (non-hydrogen) atoms. The van der Waals surface area contributed by atoms with Crippen LogP contribution in [0.4, 0.5) is 0 Å². The van der Waals surface area contributed by atoms with Crippen LogP contribution < -0.4 is 5.43 Å². The van der Waals surface area contributed by atoms with E-state index in [9.17, 15) is 4.79 Å². The second-order valence-electron chi connectivity index (χ2n) is 6.76. The quantitative estimate of drug-likeness (QED) is 0.312. The molecule has 2 aromatic carbocycles. The minimum absolute atomic E-state index is 0.229. The molecule has 5 nitrogen and oxygen atoms in total. The molecule has 1 atom stereocenters. The second kappa shape index (κ2) is 7.64. The number of aromatic nitrogens is 1. The first-order valence-corrected chi connectivity index (χ1v) is 9.98. The Bertz CT molecular complexity index is 1190. The molecule has 0 saturated carbocycles. The van der Waals surface area contributed by atoms with Crippen molar-refractivity contribution in [2.75, 3.05) is 0 Å². The van der Waals surface area contributed by atoms with Crippen LogP contribution in [0.3, 0.4) is 0 Å². The highest BCUT2D eigenvalue weighted by molar-refractivity contribution is 9.10. The van der Waals surface area contributed by atoms with Crippen LogP contribution in [-0.2, 0) is 0 Å². The normalized spacial score (nSPS) is 12.8. The smallest absolute Gasteiger partial charge is 0.307 e. The summed E-state index contributed by atoms with van der Waals surface area (Å²) in [5.74, 6) is -0.151. The molecule has 1 N–H and O–H groups in total. The van der Waals surface area contributed by atoms with Crippen molar-refractivity contribution in [3.63, 3.8) is 0 Å². The van der Waals surface area contributed by atoms with Gasteiger partial charge in [-0.3, -0.25) is 4.79 Å². The third kappa shape index (κ3) is 3.47. The van der Waals surface area contributed by atoms with E-state index >= 15 is 0 Å². The monoisotopic (exact) mass is 437 g/mol.